The molecule has 72 valence electrons. The van der Waals surface area contributed by atoms with Crippen molar-refractivity contribution in [2.45, 2.75) is 6.42 Å². The number of carbonyl (C=O) groups excluding carboxylic acids is 2. The second-order valence-corrected chi connectivity index (χ2v) is 3.50. The molecule has 14 heavy (non-hydrogen) atoms. The van der Waals surface area contributed by atoms with Gasteiger partial charge in [0.25, 0.3) is 0 Å². The monoisotopic (exact) mass is 189 g/mol. The maximum atomic E-state index is 11.6. The van der Waals surface area contributed by atoms with Crippen LogP contribution in [0.2, 0.25) is 0 Å². The Kier molecular flexibility index (Phi) is 2.08. The molecule has 0 saturated heterocycles. The maximum absolute atomic E-state index is 11.6. The number of benzene rings is 1. The van der Waals surface area contributed by atoms with Crippen LogP contribution in [0.25, 0.3) is 0 Å². The number of rotatable bonds is 3. The van der Waals surface area contributed by atoms with Crippen LogP contribution in [0, 0.1) is 11.8 Å². The fourth-order valence-electron chi connectivity index (χ4n) is 1.56. The van der Waals surface area contributed by atoms with Crippen molar-refractivity contribution in [3.8, 4) is 0 Å². The highest BCUT2D eigenvalue weighted by Crippen LogP contribution is 2.40. The van der Waals surface area contributed by atoms with Crippen LogP contribution in [0.1, 0.15) is 16.8 Å². The van der Waals surface area contributed by atoms with E-state index < -0.39 is 11.9 Å². The summed E-state index contributed by atoms with van der Waals surface area (Å²) in [4.78, 5) is 22.1. The molecule has 1 saturated carbocycles. The summed E-state index contributed by atoms with van der Waals surface area (Å²) < 4.78 is 0. The van der Waals surface area contributed by atoms with Gasteiger partial charge in [-0.1, -0.05) is 30.3 Å². The second-order valence-electron chi connectivity index (χ2n) is 3.50. The van der Waals surface area contributed by atoms with Crippen LogP contribution < -0.4 is 5.11 Å². The Morgan fingerprint density at radius 2 is 1.79 bits per heavy atom. The molecule has 2 atom stereocenters. The predicted octanol–water partition coefficient (Wildman–Crippen LogP) is 0.255. The Balaban J connectivity index is 2.09. The predicted molar refractivity (Wildman–Crippen MR) is 47.4 cm³/mol. The average Bonchev–Trinajstić information content (AvgIpc) is 2.97. The number of carboxylic acid groups (broad SMARTS) is 1. The molecule has 1 aliphatic rings. The number of Topliss-reactive ketones (excluding diaryl/α,β-unsaturated/α-hetero) is 1. The lowest BCUT2D eigenvalue weighted by molar-refractivity contribution is -0.308. The summed E-state index contributed by atoms with van der Waals surface area (Å²) in [5, 5.41) is 10.4. The summed E-state index contributed by atoms with van der Waals surface area (Å²) in [6.45, 7) is 0. The van der Waals surface area contributed by atoms with Gasteiger partial charge >= 0.3 is 0 Å². The number of carboxylic acids is 1. The minimum Gasteiger partial charge on any atom is -0.550 e. The fourth-order valence-corrected chi connectivity index (χ4v) is 1.56. The molecule has 0 bridgehead atoms. The van der Waals surface area contributed by atoms with Crippen LogP contribution in [-0.4, -0.2) is 11.8 Å². The van der Waals surface area contributed by atoms with Crippen molar-refractivity contribution in [1.82, 2.24) is 0 Å². The van der Waals surface area contributed by atoms with E-state index in [9.17, 15) is 14.7 Å². The summed E-state index contributed by atoms with van der Waals surface area (Å²) in [5.41, 5.74) is 0.584. The Hall–Kier alpha value is -1.64. The second kappa shape index (κ2) is 3.25. The van der Waals surface area contributed by atoms with Crippen LogP contribution in [-0.2, 0) is 4.79 Å². The molecule has 1 fully saturated rings. The molecule has 1 aromatic rings. The molecule has 0 aromatic heterocycles. The summed E-state index contributed by atoms with van der Waals surface area (Å²) in [5.74, 6) is -2.12. The number of hydrogen-bond acceptors (Lipinski definition) is 3. The Bertz CT molecular complexity index is 369. The van der Waals surface area contributed by atoms with Crippen molar-refractivity contribution in [2.75, 3.05) is 0 Å². The van der Waals surface area contributed by atoms with Gasteiger partial charge in [0.1, 0.15) is 0 Å². The Labute approximate surface area is 81.4 Å². The van der Waals surface area contributed by atoms with E-state index in [4.69, 9.17) is 0 Å². The van der Waals surface area contributed by atoms with Crippen molar-refractivity contribution >= 4 is 11.8 Å². The van der Waals surface area contributed by atoms with Crippen molar-refractivity contribution in [2.24, 2.45) is 11.8 Å². The lowest BCUT2D eigenvalue weighted by Gasteiger charge is -2.00. The van der Waals surface area contributed by atoms with E-state index in [1.807, 2.05) is 6.07 Å². The molecule has 2 rings (SSSR count). The van der Waals surface area contributed by atoms with Gasteiger partial charge in [-0.05, 0) is 6.42 Å². The molecule has 0 spiro atoms. The molecular weight excluding hydrogens is 180 g/mol. The van der Waals surface area contributed by atoms with Crippen LogP contribution in [0.4, 0.5) is 0 Å². The lowest BCUT2D eigenvalue weighted by Crippen LogP contribution is -2.26. The van der Waals surface area contributed by atoms with E-state index in [0.717, 1.165) is 0 Å². The summed E-state index contributed by atoms with van der Waals surface area (Å²) >= 11 is 0. The summed E-state index contributed by atoms with van der Waals surface area (Å²) in [6.07, 6.45) is 0.427. The smallest absolute Gasteiger partial charge is 0.166 e. The first-order valence-corrected chi connectivity index (χ1v) is 4.50. The van der Waals surface area contributed by atoms with Gasteiger partial charge < -0.3 is 9.90 Å². The lowest BCUT2D eigenvalue weighted by atomic mass is 10.1. The quantitative estimate of drug-likeness (QED) is 0.640. The zero-order valence-corrected chi connectivity index (χ0v) is 7.47. The first-order chi connectivity index (χ1) is 6.70. The number of hydrogen-bond donors (Lipinski definition) is 0. The Morgan fingerprint density at radius 3 is 2.29 bits per heavy atom. The highest BCUT2D eigenvalue weighted by Gasteiger charge is 2.43. The molecule has 0 N–H and O–H groups in total. The van der Waals surface area contributed by atoms with E-state index in [1.54, 1.807) is 24.3 Å². The zero-order chi connectivity index (χ0) is 10.1. The van der Waals surface area contributed by atoms with Gasteiger partial charge in [-0.15, -0.1) is 0 Å². The maximum Gasteiger partial charge on any atom is 0.166 e. The van der Waals surface area contributed by atoms with E-state index >= 15 is 0 Å². The van der Waals surface area contributed by atoms with Gasteiger partial charge in [0, 0.05) is 23.4 Å². The molecule has 0 heterocycles. The molecule has 0 amide bonds. The minimum atomic E-state index is -1.11. The van der Waals surface area contributed by atoms with Gasteiger partial charge in [0.05, 0.1) is 0 Å². The van der Waals surface area contributed by atoms with E-state index in [1.165, 1.54) is 0 Å². The highest BCUT2D eigenvalue weighted by atomic mass is 16.4. The molecule has 0 aliphatic heterocycles. The van der Waals surface area contributed by atoms with Gasteiger partial charge in [-0.2, -0.15) is 0 Å². The van der Waals surface area contributed by atoms with Gasteiger partial charge in [-0.25, -0.2) is 0 Å². The first-order valence-electron chi connectivity index (χ1n) is 4.50. The topological polar surface area (TPSA) is 57.2 Å². The fraction of sp³-hybridized carbons (Fsp3) is 0.273. The van der Waals surface area contributed by atoms with Crippen LogP contribution in [0.15, 0.2) is 30.3 Å². The van der Waals surface area contributed by atoms with Gasteiger partial charge in [-0.3, -0.25) is 4.79 Å². The van der Waals surface area contributed by atoms with Crippen molar-refractivity contribution in [3.05, 3.63) is 35.9 Å². The standard InChI is InChI=1S/C11H10O3/c12-10(7-4-2-1-3-5-7)8-6-9(8)11(13)14/h1-5,8-9H,6H2,(H,13,14)/p-1/t8-,9+/m0/s1. The van der Waals surface area contributed by atoms with Gasteiger partial charge in [0.2, 0.25) is 0 Å². The zero-order valence-electron chi connectivity index (χ0n) is 7.47. The normalized spacial score (nSPS) is 24.3. The van der Waals surface area contributed by atoms with Crippen molar-refractivity contribution in [1.29, 1.82) is 0 Å². The van der Waals surface area contributed by atoms with Crippen LogP contribution in [0.5, 0.6) is 0 Å². The third kappa shape index (κ3) is 1.53. The molecular formula is C11H9O3-. The third-order valence-electron chi connectivity index (χ3n) is 2.49. The van der Waals surface area contributed by atoms with E-state index in [2.05, 4.69) is 0 Å². The number of aliphatic carboxylic acids is 1. The average molecular weight is 189 g/mol. The highest BCUT2D eigenvalue weighted by molar-refractivity contribution is 6.02. The summed E-state index contributed by atoms with van der Waals surface area (Å²) in [7, 11) is 0. The van der Waals surface area contributed by atoms with Crippen LogP contribution in [0.3, 0.4) is 0 Å². The molecule has 3 nitrogen and oxygen atoms in total. The van der Waals surface area contributed by atoms with Crippen molar-refractivity contribution in [3.63, 3.8) is 0 Å². The third-order valence-corrected chi connectivity index (χ3v) is 2.49. The van der Waals surface area contributed by atoms with E-state index in [-0.39, 0.29) is 11.7 Å². The number of carbonyl (C=O) groups is 2. The summed E-state index contributed by atoms with van der Waals surface area (Å²) in [6, 6.07) is 8.76. The SMILES string of the molecule is O=C(c1ccccc1)[C@H]1C[C@H]1C(=O)[O-]. The molecule has 1 aliphatic carbocycles. The van der Waals surface area contributed by atoms with Crippen LogP contribution >= 0.6 is 0 Å². The van der Waals surface area contributed by atoms with Crippen molar-refractivity contribution < 1.29 is 14.7 Å². The van der Waals surface area contributed by atoms with E-state index in [0.29, 0.717) is 12.0 Å². The van der Waals surface area contributed by atoms with Gasteiger partial charge in [0.15, 0.2) is 5.78 Å². The minimum absolute atomic E-state index is 0.0835. The largest absolute Gasteiger partial charge is 0.550 e. The molecule has 0 unspecified atom stereocenters. The molecule has 0 radical (unpaired) electrons. The molecule has 3 heteroatoms. The first kappa shape index (κ1) is 8.94. The number of ketones is 1. The Morgan fingerprint density at radius 1 is 1.14 bits per heavy atom. The molecule has 1 aromatic carbocycles.